The van der Waals surface area contributed by atoms with Crippen LogP contribution in [0.3, 0.4) is 0 Å². The number of benzene rings is 1. The number of hydrogen-bond donors (Lipinski definition) is 2. The molecule has 0 atom stereocenters. The molecular formula is C20H18F5N5O2. The van der Waals surface area contributed by atoms with E-state index in [1.807, 2.05) is 0 Å². The number of nitrogens with one attached hydrogen (secondary N) is 2. The minimum absolute atomic E-state index is 0.0115. The maximum absolute atomic E-state index is 13.5. The molecule has 170 valence electrons. The Hall–Kier alpha value is -3.57. The van der Waals surface area contributed by atoms with Crippen molar-refractivity contribution in [2.24, 2.45) is 5.92 Å². The van der Waals surface area contributed by atoms with Gasteiger partial charge in [-0.2, -0.15) is 17.9 Å². The van der Waals surface area contributed by atoms with Gasteiger partial charge < -0.3 is 5.32 Å². The van der Waals surface area contributed by atoms with E-state index in [2.05, 4.69) is 20.4 Å². The number of halogens is 5. The monoisotopic (exact) mass is 455 g/mol. The number of carbonyl (C=O) groups is 1. The highest BCUT2D eigenvalue weighted by Crippen LogP contribution is 2.30. The van der Waals surface area contributed by atoms with E-state index < -0.39 is 29.5 Å². The molecule has 2 N–H and O–H groups in total. The first-order chi connectivity index (χ1) is 15.0. The number of hydrogen-bond acceptors (Lipinski definition) is 4. The van der Waals surface area contributed by atoms with Crippen molar-refractivity contribution in [3.05, 3.63) is 63.8 Å². The van der Waals surface area contributed by atoms with E-state index in [-0.39, 0.29) is 35.4 Å². The average molecular weight is 455 g/mol. The molecule has 7 nitrogen and oxygen atoms in total. The highest BCUT2D eigenvalue weighted by atomic mass is 19.4. The molecule has 0 saturated heterocycles. The van der Waals surface area contributed by atoms with Crippen molar-refractivity contribution in [2.75, 3.05) is 0 Å². The summed E-state index contributed by atoms with van der Waals surface area (Å²) in [5.41, 5.74) is -2.15. The van der Waals surface area contributed by atoms with Crippen molar-refractivity contribution in [1.29, 1.82) is 0 Å². The molecule has 0 aliphatic heterocycles. The average Bonchev–Trinajstić information content (AvgIpc) is 3.12. The van der Waals surface area contributed by atoms with E-state index in [9.17, 15) is 31.5 Å². The summed E-state index contributed by atoms with van der Waals surface area (Å²) in [6.45, 7) is 3.40. The number of H-pyrrole nitrogens is 1. The summed E-state index contributed by atoms with van der Waals surface area (Å²) in [5, 5.41) is 6.59. The number of nitrogens with zero attached hydrogens (tertiary/aromatic N) is 3. The van der Waals surface area contributed by atoms with Gasteiger partial charge in [-0.15, -0.1) is 5.10 Å². The number of alkyl halides is 5. The van der Waals surface area contributed by atoms with E-state index in [1.54, 1.807) is 13.8 Å². The third-order valence-electron chi connectivity index (χ3n) is 4.48. The summed E-state index contributed by atoms with van der Waals surface area (Å²) >= 11 is 0. The summed E-state index contributed by atoms with van der Waals surface area (Å²) in [5.74, 6) is -0.766. The Kier molecular flexibility index (Phi) is 6.42. The molecular weight excluding hydrogens is 437 g/mol. The van der Waals surface area contributed by atoms with Crippen LogP contribution in [0.25, 0.3) is 17.1 Å². The molecule has 0 bridgehead atoms. The third kappa shape index (κ3) is 5.01. The van der Waals surface area contributed by atoms with Crippen molar-refractivity contribution in [1.82, 2.24) is 25.1 Å². The number of pyridine rings is 1. The summed E-state index contributed by atoms with van der Waals surface area (Å²) in [7, 11) is 0. The van der Waals surface area contributed by atoms with Crippen LogP contribution in [-0.4, -0.2) is 25.7 Å². The van der Waals surface area contributed by atoms with E-state index in [0.717, 1.165) is 28.9 Å². The fourth-order valence-electron chi connectivity index (χ4n) is 2.78. The Bertz CT molecular complexity index is 1170. The Morgan fingerprint density at radius 1 is 1.19 bits per heavy atom. The molecule has 0 aliphatic carbocycles. The number of carbonyl (C=O) groups excluding carboxylic acids is 1. The van der Waals surface area contributed by atoms with Crippen molar-refractivity contribution < 1.29 is 26.7 Å². The van der Waals surface area contributed by atoms with E-state index in [0.29, 0.717) is 5.56 Å². The largest absolute Gasteiger partial charge is 0.416 e. The Balaban J connectivity index is 1.97. The van der Waals surface area contributed by atoms with E-state index in [1.165, 1.54) is 12.3 Å². The van der Waals surface area contributed by atoms with Gasteiger partial charge >= 0.3 is 11.9 Å². The molecule has 0 radical (unpaired) electrons. The maximum atomic E-state index is 13.5. The number of rotatable bonds is 6. The Labute approximate surface area is 178 Å². The zero-order valence-corrected chi connectivity index (χ0v) is 16.9. The van der Waals surface area contributed by atoms with Gasteiger partial charge in [-0.3, -0.25) is 14.8 Å². The summed E-state index contributed by atoms with van der Waals surface area (Å²) in [6, 6.07) is 4.95. The molecule has 12 heteroatoms. The third-order valence-corrected chi connectivity index (χ3v) is 4.48. The topological polar surface area (TPSA) is 92.7 Å². The first-order valence-electron chi connectivity index (χ1n) is 9.39. The van der Waals surface area contributed by atoms with Crippen LogP contribution in [0.2, 0.25) is 0 Å². The lowest BCUT2D eigenvalue weighted by Gasteiger charge is -2.10. The van der Waals surface area contributed by atoms with Crippen LogP contribution in [0.15, 0.2) is 41.3 Å². The van der Waals surface area contributed by atoms with Gasteiger partial charge in [-0.05, 0) is 35.9 Å². The van der Waals surface area contributed by atoms with Crippen LogP contribution < -0.4 is 11.0 Å². The second-order valence-corrected chi connectivity index (χ2v) is 7.18. The number of aromatic amines is 1. The van der Waals surface area contributed by atoms with Crippen LogP contribution in [0.4, 0.5) is 22.0 Å². The summed E-state index contributed by atoms with van der Waals surface area (Å²) < 4.78 is 66.0. The highest BCUT2D eigenvalue weighted by molar-refractivity contribution is 5.77. The highest BCUT2D eigenvalue weighted by Gasteiger charge is 2.30. The molecule has 0 spiro atoms. The number of amides is 1. The molecule has 3 rings (SSSR count). The fourth-order valence-corrected chi connectivity index (χ4v) is 2.78. The molecule has 0 saturated carbocycles. The van der Waals surface area contributed by atoms with Gasteiger partial charge in [-0.1, -0.05) is 13.8 Å². The second kappa shape index (κ2) is 8.89. The molecule has 2 aromatic heterocycles. The molecule has 0 aliphatic rings. The lowest BCUT2D eigenvalue weighted by molar-refractivity contribution is -0.137. The zero-order chi connectivity index (χ0) is 23.6. The van der Waals surface area contributed by atoms with Gasteiger partial charge in [-0.25, -0.2) is 13.6 Å². The lowest BCUT2D eigenvalue weighted by atomic mass is 10.1. The van der Waals surface area contributed by atoms with Crippen molar-refractivity contribution in [2.45, 2.75) is 33.0 Å². The van der Waals surface area contributed by atoms with Gasteiger partial charge in [0.2, 0.25) is 5.91 Å². The lowest BCUT2D eigenvalue weighted by Crippen LogP contribution is -2.27. The van der Waals surface area contributed by atoms with Gasteiger partial charge in [0.05, 0.1) is 11.3 Å². The standard InChI is InChI=1S/C20H18F5N5O2/c1-10(2)18(31)27-9-11-7-14(15(16(21)22)26-8-11)17-28-19(32)30(29-17)13-5-3-12(4-6-13)20(23,24)25/h3-8,10,16H,9H2,1-2H3,(H,27,31)(H,28,29,32). The SMILES string of the molecule is CC(C)C(=O)NCc1cnc(C(F)F)c(-c2nn(-c3ccc(C(F)(F)F)cc3)c(=O)[nH]2)c1. The zero-order valence-electron chi connectivity index (χ0n) is 16.9. The molecule has 3 aromatic rings. The smallest absolute Gasteiger partial charge is 0.352 e. The first-order valence-corrected chi connectivity index (χ1v) is 9.39. The Morgan fingerprint density at radius 2 is 1.84 bits per heavy atom. The van der Waals surface area contributed by atoms with Crippen molar-refractivity contribution >= 4 is 5.91 Å². The normalized spacial score (nSPS) is 11.9. The predicted molar refractivity (Wildman–Crippen MR) is 104 cm³/mol. The predicted octanol–water partition coefficient (Wildman–Crippen LogP) is 3.85. The molecule has 0 unspecified atom stereocenters. The molecule has 32 heavy (non-hydrogen) atoms. The minimum atomic E-state index is -4.55. The van der Waals surface area contributed by atoms with Crippen LogP contribution >= 0.6 is 0 Å². The van der Waals surface area contributed by atoms with E-state index >= 15 is 0 Å². The van der Waals surface area contributed by atoms with Gasteiger partial charge in [0.15, 0.2) is 5.82 Å². The molecule has 2 heterocycles. The summed E-state index contributed by atoms with van der Waals surface area (Å²) in [6.07, 6.45) is -6.36. The van der Waals surface area contributed by atoms with Gasteiger partial charge in [0.25, 0.3) is 6.43 Å². The summed E-state index contributed by atoms with van der Waals surface area (Å²) in [4.78, 5) is 30.1. The van der Waals surface area contributed by atoms with Crippen LogP contribution in [0.1, 0.15) is 37.1 Å². The van der Waals surface area contributed by atoms with Gasteiger partial charge in [0, 0.05) is 24.2 Å². The van der Waals surface area contributed by atoms with Crippen molar-refractivity contribution in [3.8, 4) is 17.1 Å². The Morgan fingerprint density at radius 3 is 2.41 bits per heavy atom. The minimum Gasteiger partial charge on any atom is -0.352 e. The van der Waals surface area contributed by atoms with Crippen molar-refractivity contribution in [3.63, 3.8) is 0 Å². The molecule has 1 amide bonds. The first kappa shape index (κ1) is 23.1. The van der Waals surface area contributed by atoms with Crippen LogP contribution in [0, 0.1) is 5.92 Å². The van der Waals surface area contributed by atoms with Crippen LogP contribution in [0.5, 0.6) is 0 Å². The number of aromatic nitrogens is 4. The molecule has 0 fully saturated rings. The van der Waals surface area contributed by atoms with E-state index in [4.69, 9.17) is 0 Å². The molecule has 1 aromatic carbocycles. The quantitative estimate of drug-likeness (QED) is 0.553. The maximum Gasteiger partial charge on any atom is 0.416 e. The fraction of sp³-hybridized carbons (Fsp3) is 0.300. The van der Waals surface area contributed by atoms with Gasteiger partial charge in [0.1, 0.15) is 5.69 Å². The second-order valence-electron chi connectivity index (χ2n) is 7.18. The van der Waals surface area contributed by atoms with Crippen LogP contribution in [-0.2, 0) is 17.5 Å².